The van der Waals surface area contributed by atoms with Crippen molar-refractivity contribution in [2.45, 2.75) is 50.6 Å². The fourth-order valence-electron chi connectivity index (χ4n) is 7.32. The van der Waals surface area contributed by atoms with Crippen molar-refractivity contribution in [2.75, 3.05) is 49.7 Å². The van der Waals surface area contributed by atoms with E-state index < -0.39 is 58.0 Å². The van der Waals surface area contributed by atoms with Crippen molar-refractivity contribution in [3.63, 3.8) is 0 Å². The summed E-state index contributed by atoms with van der Waals surface area (Å²) in [5, 5.41) is 8.97. The van der Waals surface area contributed by atoms with Gasteiger partial charge in [0, 0.05) is 35.9 Å². The molecule has 0 aliphatic carbocycles. The molecule has 4 N–H and O–H groups in total. The molecular weight excluding hydrogens is 712 g/mol. The number of nitrogens with two attached hydrogens (primary N) is 2. The second-order valence-corrected chi connectivity index (χ2v) is 13.6. The molecular formula is C34H31F6N9O2S. The van der Waals surface area contributed by atoms with Crippen LogP contribution in [-0.4, -0.2) is 70.4 Å². The lowest BCUT2D eigenvalue weighted by Gasteiger charge is -2.29. The number of benzene rings is 2. The van der Waals surface area contributed by atoms with Crippen LogP contribution in [0.3, 0.4) is 0 Å². The van der Waals surface area contributed by atoms with E-state index >= 15 is 17.6 Å². The van der Waals surface area contributed by atoms with Gasteiger partial charge in [-0.25, -0.2) is 18.2 Å². The number of fused-ring (bicyclic) bond motifs is 2. The summed E-state index contributed by atoms with van der Waals surface area (Å²) in [4.78, 5) is 20.5. The third-order valence-corrected chi connectivity index (χ3v) is 10.6. The lowest BCUT2D eigenvalue weighted by atomic mass is 9.91. The Morgan fingerprint density at radius 3 is 2.58 bits per heavy atom. The number of aromatic nitrogens is 4. The van der Waals surface area contributed by atoms with Gasteiger partial charge in [0.05, 0.1) is 35.3 Å². The Morgan fingerprint density at radius 2 is 1.88 bits per heavy atom. The highest BCUT2D eigenvalue weighted by Gasteiger charge is 2.44. The molecule has 3 unspecified atom stereocenters. The van der Waals surface area contributed by atoms with Crippen molar-refractivity contribution in [1.29, 1.82) is 5.26 Å². The van der Waals surface area contributed by atoms with Crippen LogP contribution in [0.2, 0.25) is 0 Å². The number of methoxy groups -OCH3 is 1. The predicted octanol–water partition coefficient (Wildman–Crippen LogP) is 6.80. The van der Waals surface area contributed by atoms with E-state index in [1.165, 1.54) is 32.3 Å². The van der Waals surface area contributed by atoms with Crippen LogP contribution in [0.4, 0.5) is 43.0 Å². The lowest BCUT2D eigenvalue weighted by molar-refractivity contribution is -0.138. The molecule has 0 bridgehead atoms. The molecule has 0 saturated carbocycles. The second kappa shape index (κ2) is 13.4. The van der Waals surface area contributed by atoms with Crippen molar-refractivity contribution >= 4 is 49.0 Å². The van der Waals surface area contributed by atoms with Gasteiger partial charge < -0.3 is 25.8 Å². The number of halogens is 6. The normalized spacial score (nSPS) is 19.1. The van der Waals surface area contributed by atoms with E-state index in [9.17, 15) is 14.0 Å². The number of hydrogen-bond acceptors (Lipinski definition) is 12. The summed E-state index contributed by atoms with van der Waals surface area (Å²) in [6.07, 6.45) is 0.413. The molecule has 0 amide bonds. The molecule has 2 fully saturated rings. The highest BCUT2D eigenvalue weighted by atomic mass is 32.1. The number of alkyl halides is 4. The minimum atomic E-state index is -5.19. The summed E-state index contributed by atoms with van der Waals surface area (Å²) in [6.45, 7) is 3.23. The van der Waals surface area contributed by atoms with E-state index in [1.54, 1.807) is 17.9 Å². The molecule has 2 saturated heterocycles. The molecule has 8 rings (SSSR count). The molecule has 2 aromatic carbocycles. The molecule has 5 aromatic rings. The number of nitrogen functional groups attached to an aromatic ring is 2. The van der Waals surface area contributed by atoms with Gasteiger partial charge in [0.15, 0.2) is 5.82 Å². The number of nitrogens with zero attached hydrogens (tertiary/aromatic N) is 7. The van der Waals surface area contributed by atoms with Gasteiger partial charge >= 0.3 is 12.2 Å². The summed E-state index contributed by atoms with van der Waals surface area (Å²) in [5.41, 5.74) is 8.53. The van der Waals surface area contributed by atoms with Gasteiger partial charge in [-0.05, 0) is 44.4 Å². The molecule has 3 aliphatic rings. The van der Waals surface area contributed by atoms with Gasteiger partial charge in [-0.15, -0.1) is 11.3 Å². The third kappa shape index (κ3) is 5.90. The maximum Gasteiger partial charge on any atom is 0.420 e. The van der Waals surface area contributed by atoms with Crippen LogP contribution >= 0.6 is 11.3 Å². The SMILES string of the molecule is COc1nc2c3c(c(C(F)(F)F)c(-c4ccc(F)c5sc(N)c(C#N)c45)c(F)c3n1)OCCN2C(C)c1nccnc1N.FC1CC2CCCN2C1. The average molecular weight is 744 g/mol. The number of anilines is 3. The van der Waals surface area contributed by atoms with Crippen molar-refractivity contribution < 1.29 is 35.8 Å². The fraction of sp³-hybridized carbons (Fsp3) is 0.382. The Balaban J connectivity index is 0.000000404. The highest BCUT2D eigenvalue weighted by molar-refractivity contribution is 7.23. The minimum absolute atomic E-state index is 0.0180. The van der Waals surface area contributed by atoms with E-state index in [-0.39, 0.29) is 56.8 Å². The van der Waals surface area contributed by atoms with Gasteiger partial charge in [0.2, 0.25) is 0 Å². The molecule has 11 nitrogen and oxygen atoms in total. The lowest BCUT2D eigenvalue weighted by Crippen LogP contribution is -2.32. The van der Waals surface area contributed by atoms with E-state index in [0.29, 0.717) is 29.6 Å². The van der Waals surface area contributed by atoms with Crippen molar-refractivity contribution in [3.05, 3.63) is 53.0 Å². The van der Waals surface area contributed by atoms with Gasteiger partial charge in [-0.2, -0.15) is 28.4 Å². The highest BCUT2D eigenvalue weighted by Crippen LogP contribution is 2.53. The molecule has 18 heteroatoms. The number of rotatable bonds is 4. The number of ether oxygens (including phenoxy) is 2. The van der Waals surface area contributed by atoms with Crippen LogP contribution < -0.4 is 25.8 Å². The molecule has 0 radical (unpaired) electrons. The maximum atomic E-state index is 16.7. The van der Waals surface area contributed by atoms with Crippen molar-refractivity contribution in [3.8, 4) is 29.0 Å². The van der Waals surface area contributed by atoms with Gasteiger partial charge in [0.1, 0.15) is 63.8 Å². The number of thiophene rings is 1. The van der Waals surface area contributed by atoms with Crippen molar-refractivity contribution in [1.82, 2.24) is 24.8 Å². The third-order valence-electron chi connectivity index (χ3n) is 9.60. The van der Waals surface area contributed by atoms with E-state index in [4.69, 9.17) is 20.9 Å². The zero-order valence-corrected chi connectivity index (χ0v) is 28.6. The largest absolute Gasteiger partial charge is 0.490 e. The van der Waals surface area contributed by atoms with E-state index in [1.807, 2.05) is 0 Å². The second-order valence-electron chi connectivity index (χ2n) is 12.6. The first-order valence-corrected chi connectivity index (χ1v) is 17.1. The smallest absolute Gasteiger partial charge is 0.420 e. The zero-order valence-electron chi connectivity index (χ0n) is 27.8. The topological polar surface area (TPSA) is 152 Å². The van der Waals surface area contributed by atoms with Crippen LogP contribution in [0, 0.1) is 23.0 Å². The summed E-state index contributed by atoms with van der Waals surface area (Å²) in [5.74, 6) is -3.02. The predicted molar refractivity (Wildman–Crippen MR) is 183 cm³/mol. The Hall–Kier alpha value is -5.15. The van der Waals surface area contributed by atoms with Crippen LogP contribution in [0.1, 0.15) is 49.0 Å². The average Bonchev–Trinajstić information content (AvgIpc) is 3.76. The standard InChI is InChI=1S/C27H19F5N8O2S.C7H12FN/c1-10(19-23(34)37-6-5-36-19)40-7-8-42-21-16-20(38-26(41-2)39-25(16)40)18(29)15(17(21)27(30,31)32)11-3-4-13(28)22-14(11)12(9-33)24(35)43-22;8-6-4-7-2-1-3-9(7)5-6/h3-6,10H,7-8,35H2,1-2H3,(H2,34,37);6-7H,1-5H2. The summed E-state index contributed by atoms with van der Waals surface area (Å²) in [6, 6.07) is 3.22. The van der Waals surface area contributed by atoms with Crippen LogP contribution in [0.25, 0.3) is 32.1 Å². The molecule has 3 aliphatic heterocycles. The zero-order chi connectivity index (χ0) is 37.1. The first-order chi connectivity index (χ1) is 24.8. The molecule has 272 valence electrons. The number of nitriles is 1. The fourth-order valence-corrected chi connectivity index (χ4v) is 8.27. The Bertz CT molecular complexity index is 2230. The monoisotopic (exact) mass is 743 g/mol. The Labute approximate surface area is 296 Å². The molecule has 3 aromatic heterocycles. The maximum absolute atomic E-state index is 16.7. The molecule has 0 spiro atoms. The first-order valence-electron chi connectivity index (χ1n) is 16.3. The molecule has 52 heavy (non-hydrogen) atoms. The van der Waals surface area contributed by atoms with E-state index in [0.717, 1.165) is 25.1 Å². The first kappa shape index (κ1) is 35.3. The number of hydrogen-bond donors (Lipinski definition) is 2. The quantitative estimate of drug-likeness (QED) is 0.187. The van der Waals surface area contributed by atoms with Gasteiger partial charge in [-0.3, -0.25) is 9.88 Å². The summed E-state index contributed by atoms with van der Waals surface area (Å²) >= 11 is 0.669. The van der Waals surface area contributed by atoms with Crippen LogP contribution in [-0.2, 0) is 6.18 Å². The van der Waals surface area contributed by atoms with E-state index in [2.05, 4.69) is 24.8 Å². The Morgan fingerprint density at radius 1 is 1.12 bits per heavy atom. The van der Waals surface area contributed by atoms with Crippen LogP contribution in [0.15, 0.2) is 24.5 Å². The van der Waals surface area contributed by atoms with Crippen LogP contribution in [0.5, 0.6) is 11.8 Å². The van der Waals surface area contributed by atoms with Crippen molar-refractivity contribution in [2.24, 2.45) is 0 Å². The Kier molecular flexibility index (Phi) is 9.11. The minimum Gasteiger partial charge on any atom is -0.490 e. The molecule has 3 atom stereocenters. The summed E-state index contributed by atoms with van der Waals surface area (Å²) < 4.78 is 100. The molecule has 6 heterocycles. The van der Waals surface area contributed by atoms with Gasteiger partial charge in [-0.1, -0.05) is 6.07 Å². The summed E-state index contributed by atoms with van der Waals surface area (Å²) in [7, 11) is 1.22. The van der Waals surface area contributed by atoms with Gasteiger partial charge in [0.25, 0.3) is 0 Å².